The van der Waals surface area contributed by atoms with Crippen LogP contribution in [0.5, 0.6) is 0 Å². The van der Waals surface area contributed by atoms with Gasteiger partial charge in [0.1, 0.15) is 0 Å². The maximum absolute atomic E-state index is 4.62. The maximum atomic E-state index is 4.62. The molecule has 0 amide bonds. The lowest BCUT2D eigenvalue weighted by molar-refractivity contribution is 0.323. The molecule has 2 aromatic rings. The van der Waals surface area contributed by atoms with Gasteiger partial charge in [-0.25, -0.2) is 0 Å². The molecule has 2 N–H and O–H groups in total. The van der Waals surface area contributed by atoms with Crippen molar-refractivity contribution in [2.45, 2.75) is 37.9 Å². The molecule has 0 radical (unpaired) electrons. The number of hydrogen-bond acceptors (Lipinski definition) is 5. The van der Waals surface area contributed by atoms with Crippen molar-refractivity contribution >= 4 is 16.3 Å². The van der Waals surface area contributed by atoms with Crippen molar-refractivity contribution < 1.29 is 0 Å². The highest BCUT2D eigenvalue weighted by Gasteiger charge is 2.47. The summed E-state index contributed by atoms with van der Waals surface area (Å²) in [6.07, 6.45) is 5.61. The van der Waals surface area contributed by atoms with Crippen LogP contribution >= 0.6 is 11.3 Å². The van der Waals surface area contributed by atoms with Crippen LogP contribution in [0.3, 0.4) is 0 Å². The molecule has 2 saturated heterocycles. The summed E-state index contributed by atoms with van der Waals surface area (Å²) in [6, 6.07) is 8.61. The van der Waals surface area contributed by atoms with Gasteiger partial charge in [0, 0.05) is 24.9 Å². The highest BCUT2D eigenvalue weighted by atomic mass is 32.1. The number of anilines is 1. The van der Waals surface area contributed by atoms with E-state index in [9.17, 15) is 0 Å². The molecule has 0 saturated carbocycles. The Morgan fingerprint density at radius 1 is 1.30 bits per heavy atom. The third kappa shape index (κ3) is 2.77. The van der Waals surface area contributed by atoms with Crippen LogP contribution in [0, 0.1) is 6.92 Å². The summed E-state index contributed by atoms with van der Waals surface area (Å²) in [4.78, 5) is 7.27. The van der Waals surface area contributed by atoms with E-state index in [1.165, 1.54) is 29.1 Å². The van der Waals surface area contributed by atoms with Crippen LogP contribution in [0.25, 0.3) is 0 Å². The molecule has 122 valence electrons. The van der Waals surface area contributed by atoms with Gasteiger partial charge < -0.3 is 10.2 Å². The Morgan fingerprint density at radius 3 is 2.91 bits per heavy atom. The predicted molar refractivity (Wildman–Crippen MR) is 96.1 cm³/mol. The van der Waals surface area contributed by atoms with Gasteiger partial charge in [0.15, 0.2) is 0 Å². The summed E-state index contributed by atoms with van der Waals surface area (Å²) < 4.78 is 0. The van der Waals surface area contributed by atoms with E-state index in [2.05, 4.69) is 51.0 Å². The van der Waals surface area contributed by atoms with E-state index >= 15 is 0 Å². The Bertz CT molecular complexity index is 649. The lowest BCUT2D eigenvalue weighted by atomic mass is 9.87. The standard InChI is InChI=1S/C18H24N4S/c1-14-4-2-8-20-15(14)12-16-21-13-18(6-9-19-10-7-18)22(16)17-5-3-11-23-17/h2-5,8,11,16,19,21H,6-7,9-10,12-13H2,1H3. The van der Waals surface area contributed by atoms with Crippen molar-refractivity contribution in [1.82, 2.24) is 15.6 Å². The minimum atomic E-state index is 0.253. The number of aromatic nitrogens is 1. The van der Waals surface area contributed by atoms with Crippen molar-refractivity contribution in [3.63, 3.8) is 0 Å². The topological polar surface area (TPSA) is 40.2 Å². The second-order valence-electron chi connectivity index (χ2n) is 6.66. The first-order chi connectivity index (χ1) is 11.3. The van der Waals surface area contributed by atoms with Crippen LogP contribution in [0.4, 0.5) is 5.00 Å². The zero-order valence-corrected chi connectivity index (χ0v) is 14.4. The van der Waals surface area contributed by atoms with E-state index in [1.807, 2.05) is 23.6 Å². The molecule has 1 spiro atoms. The van der Waals surface area contributed by atoms with Gasteiger partial charge in [0.05, 0.1) is 16.7 Å². The molecule has 4 rings (SSSR count). The van der Waals surface area contributed by atoms with E-state index in [4.69, 9.17) is 0 Å². The minimum absolute atomic E-state index is 0.253. The maximum Gasteiger partial charge on any atom is 0.0926 e. The van der Waals surface area contributed by atoms with Crippen molar-refractivity contribution in [2.75, 3.05) is 24.5 Å². The number of hydrogen-bond donors (Lipinski definition) is 2. The number of nitrogens with one attached hydrogen (secondary N) is 2. The molecular weight excluding hydrogens is 304 g/mol. The van der Waals surface area contributed by atoms with Crippen molar-refractivity contribution in [2.24, 2.45) is 0 Å². The number of aryl methyl sites for hydroxylation is 1. The fourth-order valence-electron chi connectivity index (χ4n) is 4.00. The zero-order valence-electron chi connectivity index (χ0n) is 13.6. The number of pyridine rings is 1. The largest absolute Gasteiger partial charge is 0.340 e. The molecule has 1 unspecified atom stereocenters. The molecule has 23 heavy (non-hydrogen) atoms. The first-order valence-corrected chi connectivity index (χ1v) is 9.34. The van der Waals surface area contributed by atoms with Crippen molar-refractivity contribution in [1.29, 1.82) is 0 Å². The van der Waals surface area contributed by atoms with E-state index in [0.717, 1.165) is 26.1 Å². The monoisotopic (exact) mass is 328 g/mol. The minimum Gasteiger partial charge on any atom is -0.340 e. The summed E-state index contributed by atoms with van der Waals surface area (Å²) in [7, 11) is 0. The molecular formula is C18H24N4S. The van der Waals surface area contributed by atoms with Crippen LogP contribution in [-0.2, 0) is 6.42 Å². The van der Waals surface area contributed by atoms with Gasteiger partial charge in [0.2, 0.25) is 0 Å². The Morgan fingerprint density at radius 2 is 2.17 bits per heavy atom. The first kappa shape index (κ1) is 15.1. The smallest absolute Gasteiger partial charge is 0.0926 e. The van der Waals surface area contributed by atoms with Gasteiger partial charge in [-0.1, -0.05) is 6.07 Å². The van der Waals surface area contributed by atoms with Crippen LogP contribution in [0.2, 0.25) is 0 Å². The number of piperidine rings is 1. The summed E-state index contributed by atoms with van der Waals surface area (Å²) >= 11 is 1.85. The number of thiophene rings is 1. The fourth-order valence-corrected chi connectivity index (χ4v) is 4.89. The summed E-state index contributed by atoms with van der Waals surface area (Å²) in [5, 5.41) is 10.9. The predicted octanol–water partition coefficient (Wildman–Crippen LogP) is 2.55. The normalized spacial score (nSPS) is 23.5. The summed E-state index contributed by atoms with van der Waals surface area (Å²) in [5.74, 6) is 0. The van der Waals surface area contributed by atoms with Crippen LogP contribution in [0.1, 0.15) is 24.1 Å². The fraction of sp³-hybridized carbons (Fsp3) is 0.500. The average Bonchev–Trinajstić information content (AvgIpc) is 3.19. The van der Waals surface area contributed by atoms with E-state index < -0.39 is 0 Å². The molecule has 4 nitrogen and oxygen atoms in total. The van der Waals surface area contributed by atoms with E-state index in [0.29, 0.717) is 6.17 Å². The molecule has 1 atom stereocenters. The van der Waals surface area contributed by atoms with Crippen LogP contribution in [-0.4, -0.2) is 36.3 Å². The molecule has 0 aromatic carbocycles. The van der Waals surface area contributed by atoms with Gasteiger partial charge in [-0.05, 0) is 62.0 Å². The highest BCUT2D eigenvalue weighted by Crippen LogP contribution is 2.39. The molecule has 2 aliphatic rings. The zero-order chi connectivity index (χ0) is 15.7. The first-order valence-electron chi connectivity index (χ1n) is 8.46. The molecule has 4 heterocycles. The van der Waals surface area contributed by atoms with Crippen molar-refractivity contribution in [3.05, 3.63) is 47.1 Å². The molecule has 2 aromatic heterocycles. The number of nitrogens with zero attached hydrogens (tertiary/aromatic N) is 2. The van der Waals surface area contributed by atoms with E-state index in [1.54, 1.807) is 0 Å². The van der Waals surface area contributed by atoms with Gasteiger partial charge in [0.25, 0.3) is 0 Å². The SMILES string of the molecule is Cc1cccnc1CC1NCC2(CCNCC2)N1c1cccs1. The summed E-state index contributed by atoms with van der Waals surface area (Å²) in [5.41, 5.74) is 2.74. The van der Waals surface area contributed by atoms with Gasteiger partial charge in [-0.3, -0.25) is 10.3 Å². The Balaban J connectivity index is 1.65. The number of rotatable bonds is 3. The Hall–Kier alpha value is -1.43. The third-order valence-electron chi connectivity index (χ3n) is 5.27. The highest BCUT2D eigenvalue weighted by molar-refractivity contribution is 7.14. The third-order valence-corrected chi connectivity index (χ3v) is 6.14. The lowest BCUT2D eigenvalue weighted by Gasteiger charge is -2.43. The second-order valence-corrected chi connectivity index (χ2v) is 7.59. The second kappa shape index (κ2) is 6.23. The van der Waals surface area contributed by atoms with Gasteiger partial charge in [-0.2, -0.15) is 0 Å². The molecule has 0 bridgehead atoms. The summed E-state index contributed by atoms with van der Waals surface area (Å²) in [6.45, 7) is 5.45. The van der Waals surface area contributed by atoms with Gasteiger partial charge >= 0.3 is 0 Å². The average molecular weight is 328 g/mol. The Kier molecular flexibility index (Phi) is 4.09. The van der Waals surface area contributed by atoms with Gasteiger partial charge in [-0.15, -0.1) is 11.3 Å². The van der Waals surface area contributed by atoms with Crippen LogP contribution in [0.15, 0.2) is 35.8 Å². The quantitative estimate of drug-likeness (QED) is 0.908. The van der Waals surface area contributed by atoms with Crippen LogP contribution < -0.4 is 15.5 Å². The van der Waals surface area contributed by atoms with Crippen molar-refractivity contribution in [3.8, 4) is 0 Å². The molecule has 0 aliphatic carbocycles. The van der Waals surface area contributed by atoms with E-state index in [-0.39, 0.29) is 5.54 Å². The lowest BCUT2D eigenvalue weighted by Crippen LogP contribution is -2.55. The molecule has 5 heteroatoms. The Labute approximate surface area is 141 Å². The molecule has 2 aliphatic heterocycles. The molecule has 2 fully saturated rings.